The normalized spacial score (nSPS) is 15.5. The van der Waals surface area contributed by atoms with Crippen molar-refractivity contribution >= 4 is 52.0 Å². The van der Waals surface area contributed by atoms with Gasteiger partial charge < -0.3 is 9.84 Å². The van der Waals surface area contributed by atoms with E-state index in [1.54, 1.807) is 17.9 Å². The molecule has 146 valence electrons. The summed E-state index contributed by atoms with van der Waals surface area (Å²) in [7, 11) is 0. The molecule has 1 aromatic heterocycles. The van der Waals surface area contributed by atoms with Gasteiger partial charge in [-0.2, -0.15) is 0 Å². The molecule has 1 N–H and O–H groups in total. The summed E-state index contributed by atoms with van der Waals surface area (Å²) in [5, 5.41) is 6.39. The number of hydrogen-bond donors (Lipinski definition) is 1. The average Bonchev–Trinajstić information content (AvgIpc) is 3.19. The van der Waals surface area contributed by atoms with Crippen molar-refractivity contribution in [2.45, 2.75) is 33.1 Å². The Balaban J connectivity index is 1.53. The summed E-state index contributed by atoms with van der Waals surface area (Å²) >= 11 is 6.64. The maximum Gasteiger partial charge on any atom is 0.266 e. The number of hydrogen-bond acceptors (Lipinski definition) is 6. The number of rotatable bonds is 7. The van der Waals surface area contributed by atoms with Gasteiger partial charge in [-0.05, 0) is 37.0 Å². The molecule has 1 aliphatic rings. The molecule has 1 aromatic carbocycles. The van der Waals surface area contributed by atoms with Crippen LogP contribution in [0.2, 0.25) is 0 Å². The van der Waals surface area contributed by atoms with E-state index in [9.17, 15) is 9.59 Å². The Morgan fingerprint density at radius 3 is 2.75 bits per heavy atom. The molecule has 6 nitrogen and oxygen atoms in total. The number of aryl methyl sites for hydroxylation is 2. The van der Waals surface area contributed by atoms with Gasteiger partial charge in [-0.1, -0.05) is 60.3 Å². The summed E-state index contributed by atoms with van der Waals surface area (Å²) in [5.41, 5.74) is 2.23. The fourth-order valence-corrected chi connectivity index (χ4v) is 4.03. The van der Waals surface area contributed by atoms with Crippen LogP contribution in [-0.2, 0) is 16.0 Å². The zero-order valence-electron chi connectivity index (χ0n) is 15.7. The second-order valence-electron chi connectivity index (χ2n) is 6.40. The first kappa shape index (κ1) is 20.3. The molecule has 28 heavy (non-hydrogen) atoms. The molecule has 0 saturated carbocycles. The van der Waals surface area contributed by atoms with Crippen LogP contribution in [0.15, 0.2) is 39.8 Å². The highest BCUT2D eigenvalue weighted by Gasteiger charge is 2.31. The molecule has 1 aliphatic heterocycles. The number of thiocarbonyl (C=S) groups is 1. The van der Waals surface area contributed by atoms with E-state index in [0.29, 0.717) is 33.8 Å². The molecular weight excluding hydrogens is 394 g/mol. The van der Waals surface area contributed by atoms with Gasteiger partial charge in [-0.25, -0.2) is 0 Å². The molecule has 0 unspecified atom stereocenters. The summed E-state index contributed by atoms with van der Waals surface area (Å²) in [5.74, 6) is 0.738. The van der Waals surface area contributed by atoms with Crippen LogP contribution < -0.4 is 5.32 Å². The molecule has 8 heteroatoms. The first-order valence-corrected chi connectivity index (χ1v) is 10.3. The van der Waals surface area contributed by atoms with Crippen molar-refractivity contribution in [2.75, 3.05) is 11.9 Å². The molecule has 1 saturated heterocycles. The van der Waals surface area contributed by atoms with Gasteiger partial charge in [0.15, 0.2) is 5.82 Å². The Bertz CT molecular complexity index is 919. The van der Waals surface area contributed by atoms with Crippen LogP contribution in [0.4, 0.5) is 5.82 Å². The van der Waals surface area contributed by atoms with E-state index < -0.39 is 0 Å². The van der Waals surface area contributed by atoms with Crippen LogP contribution in [-0.4, -0.2) is 32.7 Å². The quantitative estimate of drug-likeness (QED) is 0.540. The predicted molar refractivity (Wildman–Crippen MR) is 115 cm³/mol. The average molecular weight is 416 g/mol. The molecule has 3 rings (SSSR count). The van der Waals surface area contributed by atoms with E-state index >= 15 is 0 Å². The topological polar surface area (TPSA) is 75.4 Å². The number of anilines is 1. The zero-order chi connectivity index (χ0) is 20.1. The maximum atomic E-state index is 12.6. The van der Waals surface area contributed by atoms with E-state index in [0.717, 1.165) is 12.0 Å². The lowest BCUT2D eigenvalue weighted by Crippen LogP contribution is -2.29. The van der Waals surface area contributed by atoms with Crippen molar-refractivity contribution in [3.8, 4) is 0 Å². The zero-order valence-corrected chi connectivity index (χ0v) is 17.4. The minimum Gasteiger partial charge on any atom is -0.360 e. The number of nitrogens with zero attached hydrogens (tertiary/aromatic N) is 2. The fraction of sp³-hybridized carbons (Fsp3) is 0.300. The smallest absolute Gasteiger partial charge is 0.266 e. The van der Waals surface area contributed by atoms with Gasteiger partial charge in [0.2, 0.25) is 5.91 Å². The second kappa shape index (κ2) is 9.16. The Morgan fingerprint density at radius 2 is 2.11 bits per heavy atom. The number of thioether (sulfide) groups is 1. The molecule has 0 aliphatic carbocycles. The largest absolute Gasteiger partial charge is 0.360 e. The molecule has 1 fully saturated rings. The Hall–Kier alpha value is -2.45. The third kappa shape index (κ3) is 5.08. The number of amides is 2. The number of nitrogens with one attached hydrogen (secondary N) is 1. The number of benzene rings is 1. The van der Waals surface area contributed by atoms with Gasteiger partial charge in [0, 0.05) is 19.0 Å². The highest BCUT2D eigenvalue weighted by Crippen LogP contribution is 2.32. The summed E-state index contributed by atoms with van der Waals surface area (Å²) in [6, 6.07) is 9.77. The van der Waals surface area contributed by atoms with Crippen molar-refractivity contribution in [3.05, 3.63) is 52.1 Å². The number of carbonyl (C=O) groups is 2. The van der Waals surface area contributed by atoms with E-state index in [2.05, 4.69) is 29.5 Å². The third-order valence-electron chi connectivity index (χ3n) is 4.24. The van der Waals surface area contributed by atoms with E-state index in [1.807, 2.05) is 18.2 Å². The molecule has 2 aromatic rings. The number of carbonyl (C=O) groups excluding carboxylic acids is 2. The van der Waals surface area contributed by atoms with Crippen molar-refractivity contribution in [3.63, 3.8) is 0 Å². The van der Waals surface area contributed by atoms with Crippen molar-refractivity contribution in [1.82, 2.24) is 10.1 Å². The van der Waals surface area contributed by atoms with Crippen LogP contribution >= 0.6 is 24.0 Å². The van der Waals surface area contributed by atoms with Gasteiger partial charge in [-0.3, -0.25) is 14.5 Å². The van der Waals surface area contributed by atoms with Gasteiger partial charge in [0.05, 0.1) is 4.91 Å². The first-order chi connectivity index (χ1) is 13.5. The van der Waals surface area contributed by atoms with Crippen molar-refractivity contribution in [1.29, 1.82) is 0 Å². The highest BCUT2D eigenvalue weighted by atomic mass is 32.2. The summed E-state index contributed by atoms with van der Waals surface area (Å²) < 4.78 is 5.43. The molecule has 0 atom stereocenters. The standard InChI is InChI=1S/C20H21N3O3S2/c1-3-14-6-8-15(9-7-14)12-16-19(25)23(20(27)28-16)10-4-5-18(24)21-17-11-13(2)26-22-17/h6-9,11-12H,3-5,10H2,1-2H3,(H,21,22,24)/b16-12+. The lowest BCUT2D eigenvalue weighted by Gasteiger charge is -2.13. The molecule has 0 bridgehead atoms. The summed E-state index contributed by atoms with van der Waals surface area (Å²) in [6.45, 7) is 4.26. The SMILES string of the molecule is CCc1ccc(/C=C2/SC(=S)N(CCCC(=O)Nc3cc(C)on3)C2=O)cc1. The molecule has 2 amide bonds. The highest BCUT2D eigenvalue weighted by molar-refractivity contribution is 8.26. The Labute approximate surface area is 173 Å². The van der Waals surface area contributed by atoms with Gasteiger partial charge in [0.1, 0.15) is 10.1 Å². The molecule has 0 radical (unpaired) electrons. The Kier molecular flexibility index (Phi) is 6.64. The molecular formula is C20H21N3O3S2. The number of aromatic nitrogens is 1. The van der Waals surface area contributed by atoms with Crippen LogP contribution in [0.1, 0.15) is 36.7 Å². The summed E-state index contributed by atoms with van der Waals surface area (Å²) in [4.78, 5) is 26.8. The van der Waals surface area contributed by atoms with Crippen molar-refractivity contribution < 1.29 is 14.1 Å². The van der Waals surface area contributed by atoms with E-state index in [-0.39, 0.29) is 18.2 Å². The second-order valence-corrected chi connectivity index (χ2v) is 8.08. The lowest BCUT2D eigenvalue weighted by molar-refractivity contribution is -0.122. The maximum absolute atomic E-state index is 12.6. The minimum atomic E-state index is -0.176. The molecule has 2 heterocycles. The minimum absolute atomic E-state index is 0.109. The van der Waals surface area contributed by atoms with Crippen LogP contribution in [0.3, 0.4) is 0 Å². The van der Waals surface area contributed by atoms with Crippen LogP contribution in [0.5, 0.6) is 0 Å². The van der Waals surface area contributed by atoms with Crippen molar-refractivity contribution in [2.24, 2.45) is 0 Å². The Morgan fingerprint density at radius 1 is 1.36 bits per heavy atom. The van der Waals surface area contributed by atoms with E-state index in [1.165, 1.54) is 17.3 Å². The lowest BCUT2D eigenvalue weighted by atomic mass is 10.1. The van der Waals surface area contributed by atoms with Gasteiger partial charge in [-0.15, -0.1) is 0 Å². The first-order valence-electron chi connectivity index (χ1n) is 9.03. The molecule has 0 spiro atoms. The van der Waals surface area contributed by atoms with E-state index in [4.69, 9.17) is 16.7 Å². The fourth-order valence-electron chi connectivity index (χ4n) is 2.72. The predicted octanol–water partition coefficient (Wildman–Crippen LogP) is 4.17. The monoisotopic (exact) mass is 415 g/mol. The van der Waals surface area contributed by atoms with Gasteiger partial charge >= 0.3 is 0 Å². The van der Waals surface area contributed by atoms with Crippen LogP contribution in [0, 0.1) is 6.92 Å². The van der Waals surface area contributed by atoms with Gasteiger partial charge in [0.25, 0.3) is 5.91 Å². The summed E-state index contributed by atoms with van der Waals surface area (Å²) in [6.07, 6.45) is 3.61. The third-order valence-corrected chi connectivity index (χ3v) is 5.62. The van der Waals surface area contributed by atoms with Crippen LogP contribution in [0.25, 0.3) is 6.08 Å².